The Morgan fingerprint density at radius 3 is 2.41 bits per heavy atom. The lowest BCUT2D eigenvalue weighted by molar-refractivity contribution is -0.139. The summed E-state index contributed by atoms with van der Waals surface area (Å²) in [5.41, 5.74) is 3.09. The van der Waals surface area contributed by atoms with Crippen LogP contribution < -0.4 is 5.32 Å². The third kappa shape index (κ3) is 6.89. The van der Waals surface area contributed by atoms with E-state index in [1.807, 2.05) is 45.0 Å². The number of likely N-dealkylation sites (N-methyl/N-ethyl adjacent to an activating group) is 1. The third-order valence-electron chi connectivity index (χ3n) is 4.75. The van der Waals surface area contributed by atoms with Crippen molar-refractivity contribution < 1.29 is 14.0 Å². The summed E-state index contributed by atoms with van der Waals surface area (Å²) in [7, 11) is 0. The highest BCUT2D eigenvalue weighted by Crippen LogP contribution is 2.19. The molecule has 1 atom stereocenters. The molecule has 0 aliphatic carbocycles. The first-order chi connectivity index (χ1) is 14.0. The van der Waals surface area contributed by atoms with Crippen LogP contribution in [0.25, 0.3) is 0 Å². The number of thioether (sulfide) groups is 1. The molecule has 2 rings (SSSR count). The largest absolute Gasteiger partial charge is 0.355 e. The van der Waals surface area contributed by atoms with Crippen molar-refractivity contribution in [3.05, 3.63) is 71.0 Å². The fourth-order valence-corrected chi connectivity index (χ4v) is 3.97. The Bertz CT molecular complexity index is 811. The molecule has 0 fully saturated rings. The zero-order chi connectivity index (χ0) is 21.2. The van der Waals surface area contributed by atoms with Gasteiger partial charge in [-0.05, 0) is 49.1 Å². The van der Waals surface area contributed by atoms with E-state index < -0.39 is 6.04 Å². The number of hydrogen-bond donors (Lipinski definition) is 1. The summed E-state index contributed by atoms with van der Waals surface area (Å²) >= 11 is 1.47. The van der Waals surface area contributed by atoms with Crippen LogP contribution in [0.1, 0.15) is 37.0 Å². The van der Waals surface area contributed by atoms with Crippen molar-refractivity contribution in [1.29, 1.82) is 0 Å². The Hall–Kier alpha value is -2.34. The van der Waals surface area contributed by atoms with Crippen LogP contribution in [0.5, 0.6) is 0 Å². The number of nitrogens with zero attached hydrogens (tertiary/aromatic N) is 1. The number of carbonyl (C=O) groups is 2. The van der Waals surface area contributed by atoms with Crippen molar-refractivity contribution in [2.24, 2.45) is 0 Å². The van der Waals surface area contributed by atoms with E-state index >= 15 is 0 Å². The Balaban J connectivity index is 2.11. The SMILES string of the molecule is CCNC(=O)[C@H](CC)N(Cc1ccccc1C)C(=O)CSCc1ccc(F)cc1. The first-order valence-corrected chi connectivity index (χ1v) is 11.1. The summed E-state index contributed by atoms with van der Waals surface area (Å²) in [4.78, 5) is 27.3. The predicted molar refractivity (Wildman–Crippen MR) is 117 cm³/mol. The Morgan fingerprint density at radius 1 is 1.10 bits per heavy atom. The average Bonchev–Trinajstić information content (AvgIpc) is 2.71. The van der Waals surface area contributed by atoms with E-state index in [1.54, 1.807) is 17.0 Å². The molecule has 0 aliphatic heterocycles. The lowest BCUT2D eigenvalue weighted by Crippen LogP contribution is -2.49. The second kappa shape index (κ2) is 11.6. The zero-order valence-corrected chi connectivity index (χ0v) is 18.1. The number of aryl methyl sites for hydroxylation is 1. The van der Waals surface area contributed by atoms with Gasteiger partial charge < -0.3 is 10.2 Å². The van der Waals surface area contributed by atoms with Gasteiger partial charge in [-0.2, -0.15) is 0 Å². The topological polar surface area (TPSA) is 49.4 Å². The Morgan fingerprint density at radius 2 is 1.79 bits per heavy atom. The quantitative estimate of drug-likeness (QED) is 0.628. The summed E-state index contributed by atoms with van der Waals surface area (Å²) in [5.74, 6) is 0.410. The van der Waals surface area contributed by atoms with Crippen LogP contribution in [0.15, 0.2) is 48.5 Å². The summed E-state index contributed by atoms with van der Waals surface area (Å²) < 4.78 is 13.0. The number of amides is 2. The van der Waals surface area contributed by atoms with Gasteiger partial charge in [-0.3, -0.25) is 9.59 Å². The molecule has 4 nitrogen and oxygen atoms in total. The molecule has 156 valence electrons. The molecule has 0 aliphatic rings. The van der Waals surface area contributed by atoms with Crippen LogP contribution in [-0.4, -0.2) is 35.1 Å². The van der Waals surface area contributed by atoms with Crippen molar-refractivity contribution >= 4 is 23.6 Å². The van der Waals surface area contributed by atoms with Gasteiger partial charge >= 0.3 is 0 Å². The molecule has 0 heterocycles. The van der Waals surface area contributed by atoms with Gasteiger partial charge in [0, 0.05) is 18.8 Å². The molecule has 0 saturated carbocycles. The number of benzene rings is 2. The van der Waals surface area contributed by atoms with E-state index in [0.717, 1.165) is 16.7 Å². The maximum Gasteiger partial charge on any atom is 0.242 e. The van der Waals surface area contributed by atoms with Crippen molar-refractivity contribution in [2.75, 3.05) is 12.3 Å². The Kier molecular flexibility index (Phi) is 9.19. The van der Waals surface area contributed by atoms with Crippen LogP contribution in [-0.2, 0) is 21.9 Å². The second-order valence-electron chi connectivity index (χ2n) is 6.89. The number of halogens is 1. The van der Waals surface area contributed by atoms with E-state index in [9.17, 15) is 14.0 Å². The minimum absolute atomic E-state index is 0.0709. The fraction of sp³-hybridized carbons (Fsp3) is 0.391. The summed E-state index contributed by atoms with van der Waals surface area (Å²) in [6.07, 6.45) is 0.548. The fourth-order valence-electron chi connectivity index (χ4n) is 3.10. The van der Waals surface area contributed by atoms with Crippen molar-refractivity contribution in [3.8, 4) is 0 Å². The number of hydrogen-bond acceptors (Lipinski definition) is 3. The third-order valence-corrected chi connectivity index (χ3v) is 5.73. The van der Waals surface area contributed by atoms with Crippen LogP contribution in [0.4, 0.5) is 4.39 Å². The standard InChI is InChI=1S/C23H29FN2O2S/c1-4-21(23(28)25-5-2)26(14-19-9-7-6-8-17(19)3)22(27)16-29-15-18-10-12-20(24)13-11-18/h6-13,21H,4-5,14-16H2,1-3H3,(H,25,28)/t21-/m0/s1. The lowest BCUT2D eigenvalue weighted by atomic mass is 10.1. The zero-order valence-electron chi connectivity index (χ0n) is 17.3. The smallest absolute Gasteiger partial charge is 0.242 e. The Labute approximate surface area is 176 Å². The van der Waals surface area contributed by atoms with Gasteiger partial charge in [0.2, 0.25) is 11.8 Å². The van der Waals surface area contributed by atoms with Gasteiger partial charge in [0.25, 0.3) is 0 Å². The molecule has 0 bridgehead atoms. The predicted octanol–water partition coefficient (Wildman–Crippen LogP) is 4.31. The van der Waals surface area contributed by atoms with E-state index in [-0.39, 0.29) is 23.4 Å². The summed E-state index contributed by atoms with van der Waals surface area (Å²) in [5, 5.41) is 2.84. The minimum Gasteiger partial charge on any atom is -0.355 e. The first kappa shape index (κ1) is 22.9. The van der Waals surface area contributed by atoms with E-state index in [2.05, 4.69) is 5.32 Å². The highest BCUT2D eigenvalue weighted by Gasteiger charge is 2.28. The molecule has 29 heavy (non-hydrogen) atoms. The van der Waals surface area contributed by atoms with Gasteiger partial charge in [0.1, 0.15) is 11.9 Å². The number of rotatable bonds is 10. The monoisotopic (exact) mass is 416 g/mol. The van der Waals surface area contributed by atoms with E-state index in [1.165, 1.54) is 23.9 Å². The molecular weight excluding hydrogens is 387 g/mol. The summed E-state index contributed by atoms with van der Waals surface area (Å²) in [6.45, 7) is 6.73. The summed E-state index contributed by atoms with van der Waals surface area (Å²) in [6, 6.07) is 13.7. The molecule has 2 aromatic rings. The molecule has 2 aromatic carbocycles. The molecule has 6 heteroatoms. The minimum atomic E-state index is -0.506. The molecule has 0 radical (unpaired) electrons. The molecule has 0 aromatic heterocycles. The van der Waals surface area contributed by atoms with Gasteiger partial charge in [-0.15, -0.1) is 11.8 Å². The normalized spacial score (nSPS) is 11.7. The van der Waals surface area contributed by atoms with Gasteiger partial charge in [0.05, 0.1) is 5.75 Å². The molecule has 0 saturated heterocycles. The van der Waals surface area contributed by atoms with Crippen LogP contribution in [0.3, 0.4) is 0 Å². The first-order valence-electron chi connectivity index (χ1n) is 9.90. The van der Waals surface area contributed by atoms with Gasteiger partial charge in [0.15, 0.2) is 0 Å². The van der Waals surface area contributed by atoms with Crippen molar-refractivity contribution in [2.45, 2.75) is 45.5 Å². The van der Waals surface area contributed by atoms with Crippen LogP contribution in [0, 0.1) is 12.7 Å². The van der Waals surface area contributed by atoms with E-state index in [0.29, 0.717) is 25.3 Å². The molecule has 1 N–H and O–H groups in total. The number of carbonyl (C=O) groups excluding carboxylic acids is 2. The van der Waals surface area contributed by atoms with Gasteiger partial charge in [-0.25, -0.2) is 4.39 Å². The highest BCUT2D eigenvalue weighted by molar-refractivity contribution is 7.99. The molecule has 0 unspecified atom stereocenters. The van der Waals surface area contributed by atoms with E-state index in [4.69, 9.17) is 0 Å². The van der Waals surface area contributed by atoms with Crippen molar-refractivity contribution in [3.63, 3.8) is 0 Å². The lowest BCUT2D eigenvalue weighted by Gasteiger charge is -2.31. The molecule has 2 amide bonds. The molecule has 0 spiro atoms. The molecular formula is C23H29FN2O2S. The highest BCUT2D eigenvalue weighted by atomic mass is 32.2. The van der Waals surface area contributed by atoms with Crippen LogP contribution >= 0.6 is 11.8 Å². The average molecular weight is 417 g/mol. The number of nitrogens with one attached hydrogen (secondary N) is 1. The van der Waals surface area contributed by atoms with Gasteiger partial charge in [-0.1, -0.05) is 43.3 Å². The second-order valence-corrected chi connectivity index (χ2v) is 7.87. The maximum atomic E-state index is 13.1. The maximum absolute atomic E-state index is 13.1. The van der Waals surface area contributed by atoms with Crippen molar-refractivity contribution in [1.82, 2.24) is 10.2 Å². The van der Waals surface area contributed by atoms with Crippen LogP contribution in [0.2, 0.25) is 0 Å².